The molecule has 2 aliphatic heterocycles. The van der Waals surface area contributed by atoms with Gasteiger partial charge >= 0.3 is 0 Å². The Labute approximate surface area is 183 Å². The van der Waals surface area contributed by atoms with E-state index in [9.17, 15) is 5.11 Å². The average Bonchev–Trinajstić information content (AvgIpc) is 3.16. The highest BCUT2D eigenvalue weighted by molar-refractivity contribution is 5.26. The van der Waals surface area contributed by atoms with Gasteiger partial charge in [0.1, 0.15) is 0 Å². The molecule has 0 aromatic carbocycles. The summed E-state index contributed by atoms with van der Waals surface area (Å²) >= 11 is 0. The summed E-state index contributed by atoms with van der Waals surface area (Å²) in [5.74, 6) is 3.94. The Morgan fingerprint density at radius 3 is 2.63 bits per heavy atom. The quantitative estimate of drug-likeness (QED) is 0.516. The second kappa shape index (κ2) is 6.58. The molecule has 4 unspecified atom stereocenters. The van der Waals surface area contributed by atoms with E-state index in [1.807, 2.05) is 0 Å². The Kier molecular flexibility index (Phi) is 4.44. The molecule has 1 N–H and O–H groups in total. The summed E-state index contributed by atoms with van der Waals surface area (Å²) in [7, 11) is 0. The van der Waals surface area contributed by atoms with Crippen LogP contribution in [0, 0.1) is 46.3 Å². The Hall–Kier alpha value is -0.380. The van der Waals surface area contributed by atoms with Crippen molar-refractivity contribution in [1.82, 2.24) is 0 Å². The smallest absolute Gasteiger partial charge is 0.171 e. The fraction of sp³-hybridized carbons (Fsp3) is 0.926. The van der Waals surface area contributed by atoms with Gasteiger partial charge in [-0.1, -0.05) is 39.3 Å². The lowest BCUT2D eigenvalue weighted by atomic mass is 9.47. The highest BCUT2D eigenvalue weighted by Gasteiger charge is 2.68. The van der Waals surface area contributed by atoms with E-state index in [0.717, 1.165) is 43.6 Å². The molecule has 4 aliphatic carbocycles. The molecule has 0 radical (unpaired) electrons. The van der Waals surface area contributed by atoms with Gasteiger partial charge in [-0.3, -0.25) is 0 Å². The maximum absolute atomic E-state index is 10.3. The zero-order chi connectivity index (χ0) is 20.9. The maximum Gasteiger partial charge on any atom is 0.171 e. The van der Waals surface area contributed by atoms with Crippen LogP contribution < -0.4 is 0 Å². The van der Waals surface area contributed by atoms with Gasteiger partial charge in [0, 0.05) is 12.3 Å². The van der Waals surface area contributed by atoms with Gasteiger partial charge in [0.05, 0.1) is 18.8 Å². The molecular weight excluding hydrogens is 372 g/mol. The van der Waals surface area contributed by atoms with Crippen LogP contribution in [0.2, 0.25) is 0 Å². The van der Waals surface area contributed by atoms with Crippen LogP contribution in [0.3, 0.4) is 0 Å². The molecule has 3 nitrogen and oxygen atoms in total. The molecule has 2 saturated heterocycles. The monoisotopic (exact) mass is 414 g/mol. The summed E-state index contributed by atoms with van der Waals surface area (Å²) < 4.78 is 13.3. The number of aliphatic hydroxyl groups excluding tert-OH is 1. The summed E-state index contributed by atoms with van der Waals surface area (Å²) in [6, 6.07) is 0. The van der Waals surface area contributed by atoms with Crippen LogP contribution in [0.15, 0.2) is 11.6 Å². The molecule has 5 fully saturated rings. The molecule has 2 heterocycles. The van der Waals surface area contributed by atoms with Crippen molar-refractivity contribution in [3.63, 3.8) is 0 Å². The summed E-state index contributed by atoms with van der Waals surface area (Å²) in [5, 5.41) is 10.3. The molecule has 0 aromatic rings. The van der Waals surface area contributed by atoms with E-state index in [2.05, 4.69) is 33.8 Å². The third kappa shape index (κ3) is 2.55. The number of allylic oxidation sites excluding steroid dienone is 1. The molecule has 0 bridgehead atoms. The van der Waals surface area contributed by atoms with E-state index >= 15 is 0 Å². The predicted molar refractivity (Wildman–Crippen MR) is 118 cm³/mol. The number of hydrogen-bond acceptors (Lipinski definition) is 3. The van der Waals surface area contributed by atoms with E-state index in [1.54, 1.807) is 5.57 Å². The molecule has 0 amide bonds. The van der Waals surface area contributed by atoms with Gasteiger partial charge in [-0.05, 0) is 91.8 Å². The van der Waals surface area contributed by atoms with Crippen LogP contribution in [0.1, 0.15) is 85.5 Å². The number of fused-ring (bicyclic) bond motifs is 7. The number of ether oxygens (including phenoxy) is 2. The van der Waals surface area contributed by atoms with Gasteiger partial charge in [0.2, 0.25) is 0 Å². The summed E-state index contributed by atoms with van der Waals surface area (Å²) in [6.07, 6.45) is 13.5. The number of rotatable bonds is 0. The fourth-order valence-electron chi connectivity index (χ4n) is 9.66. The first-order valence-corrected chi connectivity index (χ1v) is 13.0. The van der Waals surface area contributed by atoms with E-state index in [4.69, 9.17) is 9.47 Å². The lowest BCUT2D eigenvalue weighted by Crippen LogP contribution is -2.52. The van der Waals surface area contributed by atoms with Crippen molar-refractivity contribution in [2.45, 2.75) is 103 Å². The predicted octanol–water partition coefficient (Wildman–Crippen LogP) is 5.71. The van der Waals surface area contributed by atoms with Crippen molar-refractivity contribution < 1.29 is 14.6 Å². The summed E-state index contributed by atoms with van der Waals surface area (Å²) in [5.41, 5.74) is 2.31. The Morgan fingerprint density at radius 1 is 1.03 bits per heavy atom. The standard InChI is InChI=1S/C27H42O3/c1-16-7-12-27(29-15-16)17(2)24-23(30-27)14-22-20-6-5-18-13-19(28)8-10-25(18,3)21(20)9-11-26(22,24)4/h5,16-17,19-24,28H,6-15H2,1-4H3/t16-,17?,19+,20-,21+,22+,23?,24?,25+,26+,27?/m1/s1. The third-order valence-electron chi connectivity index (χ3n) is 11.3. The van der Waals surface area contributed by atoms with Crippen molar-refractivity contribution in [3.8, 4) is 0 Å². The molecule has 11 atom stereocenters. The van der Waals surface area contributed by atoms with Crippen LogP contribution in [-0.2, 0) is 9.47 Å². The molecule has 3 saturated carbocycles. The minimum Gasteiger partial charge on any atom is -0.393 e. The second-order valence-corrected chi connectivity index (χ2v) is 12.7. The first kappa shape index (κ1) is 20.2. The minimum absolute atomic E-state index is 0.107. The van der Waals surface area contributed by atoms with Crippen molar-refractivity contribution in [3.05, 3.63) is 11.6 Å². The van der Waals surface area contributed by atoms with Gasteiger partial charge < -0.3 is 14.6 Å². The first-order valence-electron chi connectivity index (χ1n) is 13.0. The van der Waals surface area contributed by atoms with E-state index in [0.29, 0.717) is 34.7 Å². The molecule has 6 rings (SSSR count). The Morgan fingerprint density at radius 2 is 1.87 bits per heavy atom. The van der Waals surface area contributed by atoms with Crippen molar-refractivity contribution in [1.29, 1.82) is 0 Å². The van der Waals surface area contributed by atoms with Gasteiger partial charge in [-0.2, -0.15) is 0 Å². The van der Waals surface area contributed by atoms with Crippen LogP contribution in [0.25, 0.3) is 0 Å². The Bertz CT molecular complexity index is 736. The van der Waals surface area contributed by atoms with Crippen LogP contribution >= 0.6 is 0 Å². The van der Waals surface area contributed by atoms with Gasteiger partial charge in [-0.15, -0.1) is 0 Å². The number of hydrogen-bond donors (Lipinski definition) is 1. The maximum atomic E-state index is 10.3. The third-order valence-corrected chi connectivity index (χ3v) is 11.3. The molecule has 0 aromatic heterocycles. The lowest BCUT2D eigenvalue weighted by Gasteiger charge is -2.58. The van der Waals surface area contributed by atoms with E-state index in [-0.39, 0.29) is 11.9 Å². The van der Waals surface area contributed by atoms with Crippen LogP contribution in [0.5, 0.6) is 0 Å². The second-order valence-electron chi connectivity index (χ2n) is 12.7. The zero-order valence-electron chi connectivity index (χ0n) is 19.5. The molecule has 1 spiro atoms. The van der Waals surface area contributed by atoms with Crippen LogP contribution in [0.4, 0.5) is 0 Å². The molecular formula is C27H42O3. The van der Waals surface area contributed by atoms with E-state index < -0.39 is 0 Å². The highest BCUT2D eigenvalue weighted by Crippen LogP contribution is 2.70. The summed E-state index contributed by atoms with van der Waals surface area (Å²) in [6.45, 7) is 10.8. The molecule has 6 aliphatic rings. The highest BCUT2D eigenvalue weighted by atomic mass is 16.7. The van der Waals surface area contributed by atoms with Crippen molar-refractivity contribution >= 4 is 0 Å². The van der Waals surface area contributed by atoms with Gasteiger partial charge in [0.15, 0.2) is 5.79 Å². The minimum atomic E-state index is -0.294. The molecule has 30 heavy (non-hydrogen) atoms. The molecule has 3 heteroatoms. The Balaban J connectivity index is 1.28. The average molecular weight is 415 g/mol. The first-order chi connectivity index (χ1) is 14.3. The van der Waals surface area contributed by atoms with Crippen LogP contribution in [-0.4, -0.2) is 29.7 Å². The van der Waals surface area contributed by atoms with Crippen molar-refractivity contribution in [2.24, 2.45) is 46.3 Å². The molecule has 168 valence electrons. The summed E-state index contributed by atoms with van der Waals surface area (Å²) in [4.78, 5) is 0. The topological polar surface area (TPSA) is 38.7 Å². The SMILES string of the molecule is CC1C2C(C[C@H]3[C@@H]4CC=C5C[C@@H](O)CC[C@]5(C)[C@H]4CC[C@]23C)OC12CC[C@@H](C)CO2. The number of aliphatic hydroxyl groups is 1. The van der Waals surface area contributed by atoms with Gasteiger partial charge in [0.25, 0.3) is 0 Å². The zero-order valence-corrected chi connectivity index (χ0v) is 19.5. The van der Waals surface area contributed by atoms with Crippen molar-refractivity contribution in [2.75, 3.05) is 6.61 Å². The fourth-order valence-corrected chi connectivity index (χ4v) is 9.66. The lowest BCUT2D eigenvalue weighted by molar-refractivity contribution is -0.272. The van der Waals surface area contributed by atoms with E-state index in [1.165, 1.54) is 38.5 Å². The normalized spacial score (nSPS) is 59.8. The largest absolute Gasteiger partial charge is 0.393 e. The van der Waals surface area contributed by atoms with Gasteiger partial charge in [-0.25, -0.2) is 0 Å².